The minimum absolute atomic E-state index is 0.0623. The first-order valence-electron chi connectivity index (χ1n) is 7.70. The van der Waals surface area contributed by atoms with Gasteiger partial charge in [0.25, 0.3) is 0 Å². The van der Waals surface area contributed by atoms with Crippen LogP contribution in [0, 0.1) is 0 Å². The van der Waals surface area contributed by atoms with Gasteiger partial charge >= 0.3 is 0 Å². The predicted molar refractivity (Wildman–Crippen MR) is 90.7 cm³/mol. The number of nitrogens with one attached hydrogen (secondary N) is 1. The molecule has 6 nitrogen and oxygen atoms in total. The molecule has 0 saturated heterocycles. The molecule has 0 radical (unpaired) electrons. The van der Waals surface area contributed by atoms with E-state index in [9.17, 15) is 4.79 Å². The Hall–Kier alpha value is -3.02. The molecule has 0 aliphatic carbocycles. The molecule has 0 spiro atoms. The zero-order valence-electron chi connectivity index (χ0n) is 13.4. The zero-order valence-corrected chi connectivity index (χ0v) is 13.4. The Morgan fingerprint density at radius 3 is 2.75 bits per heavy atom. The van der Waals surface area contributed by atoms with Crippen LogP contribution in [0.5, 0.6) is 11.5 Å². The average Bonchev–Trinajstić information content (AvgIpc) is 2.98. The van der Waals surface area contributed by atoms with Crippen LogP contribution in [-0.2, 0) is 4.79 Å². The zero-order chi connectivity index (χ0) is 16.7. The lowest BCUT2D eigenvalue weighted by Crippen LogP contribution is -2.28. The van der Waals surface area contributed by atoms with Crippen molar-refractivity contribution in [3.05, 3.63) is 48.0 Å². The van der Waals surface area contributed by atoms with E-state index < -0.39 is 0 Å². The third kappa shape index (κ3) is 2.11. The number of benzene rings is 2. The van der Waals surface area contributed by atoms with Crippen LogP contribution in [0.15, 0.2) is 42.5 Å². The van der Waals surface area contributed by atoms with Crippen molar-refractivity contribution >= 4 is 22.9 Å². The molecule has 0 saturated carbocycles. The molecule has 1 aromatic heterocycles. The maximum Gasteiger partial charge on any atom is 0.229 e. The van der Waals surface area contributed by atoms with E-state index in [-0.39, 0.29) is 11.9 Å². The summed E-state index contributed by atoms with van der Waals surface area (Å²) in [6.45, 7) is 0. The Balaban J connectivity index is 1.97. The van der Waals surface area contributed by atoms with Gasteiger partial charge in [-0.05, 0) is 18.2 Å². The summed E-state index contributed by atoms with van der Waals surface area (Å²) in [6, 6.07) is 13.3. The Morgan fingerprint density at radius 2 is 1.96 bits per heavy atom. The third-order valence-electron chi connectivity index (χ3n) is 4.33. The van der Waals surface area contributed by atoms with Gasteiger partial charge in [-0.1, -0.05) is 24.3 Å². The number of aromatic nitrogens is 2. The third-order valence-corrected chi connectivity index (χ3v) is 4.33. The summed E-state index contributed by atoms with van der Waals surface area (Å²) in [5, 5.41) is 2.86. The van der Waals surface area contributed by atoms with Crippen LogP contribution in [0.3, 0.4) is 0 Å². The van der Waals surface area contributed by atoms with Crippen LogP contribution in [0.4, 0.5) is 5.95 Å². The molecule has 1 amide bonds. The molecular weight excluding hydrogens is 306 g/mol. The summed E-state index contributed by atoms with van der Waals surface area (Å²) in [5.74, 6) is 1.78. The first-order chi connectivity index (χ1) is 11.7. The maximum absolute atomic E-state index is 12.2. The molecule has 1 aliphatic rings. The SMILES string of the molecule is COc1cccc(C2CC(=O)Nc3nc4ccccc4n32)c1OC. The molecule has 2 heterocycles. The summed E-state index contributed by atoms with van der Waals surface area (Å²) >= 11 is 0. The maximum atomic E-state index is 12.2. The van der Waals surface area contributed by atoms with Gasteiger partial charge in [0.05, 0.1) is 37.7 Å². The summed E-state index contributed by atoms with van der Waals surface area (Å²) in [7, 11) is 3.21. The van der Waals surface area contributed by atoms with Crippen molar-refractivity contribution in [1.29, 1.82) is 0 Å². The van der Waals surface area contributed by atoms with Gasteiger partial charge in [0, 0.05) is 5.56 Å². The van der Waals surface area contributed by atoms with Crippen LogP contribution in [0.2, 0.25) is 0 Å². The minimum atomic E-state index is -0.203. The number of fused-ring (bicyclic) bond motifs is 3. The molecule has 122 valence electrons. The van der Waals surface area contributed by atoms with Gasteiger partial charge in [-0.15, -0.1) is 0 Å². The lowest BCUT2D eigenvalue weighted by atomic mass is 9.99. The first-order valence-corrected chi connectivity index (χ1v) is 7.70. The van der Waals surface area contributed by atoms with Gasteiger partial charge in [-0.25, -0.2) is 4.98 Å². The van der Waals surface area contributed by atoms with Crippen LogP contribution < -0.4 is 14.8 Å². The number of para-hydroxylation sites is 3. The highest BCUT2D eigenvalue weighted by Crippen LogP contribution is 2.41. The lowest BCUT2D eigenvalue weighted by Gasteiger charge is -2.27. The van der Waals surface area contributed by atoms with Crippen molar-refractivity contribution in [2.75, 3.05) is 19.5 Å². The van der Waals surface area contributed by atoms with Gasteiger partial charge in [-0.3, -0.25) is 10.1 Å². The largest absolute Gasteiger partial charge is 0.493 e. The van der Waals surface area contributed by atoms with Crippen molar-refractivity contribution < 1.29 is 14.3 Å². The van der Waals surface area contributed by atoms with Crippen molar-refractivity contribution in [1.82, 2.24) is 9.55 Å². The Bertz CT molecular complexity index is 932. The molecule has 6 heteroatoms. The first kappa shape index (κ1) is 14.6. The van der Waals surface area contributed by atoms with Gasteiger partial charge in [0.2, 0.25) is 11.9 Å². The highest BCUT2D eigenvalue weighted by Gasteiger charge is 2.31. The van der Waals surface area contributed by atoms with Crippen molar-refractivity contribution in [2.24, 2.45) is 0 Å². The predicted octanol–water partition coefficient (Wildman–Crippen LogP) is 2.99. The number of hydrogen-bond donors (Lipinski definition) is 1. The normalized spacial score (nSPS) is 16.6. The number of ether oxygens (including phenoxy) is 2. The highest BCUT2D eigenvalue weighted by molar-refractivity contribution is 5.94. The number of methoxy groups -OCH3 is 2. The van der Waals surface area contributed by atoms with E-state index in [0.717, 1.165) is 16.6 Å². The molecule has 0 fully saturated rings. The fourth-order valence-corrected chi connectivity index (χ4v) is 3.31. The van der Waals surface area contributed by atoms with Gasteiger partial charge in [0.15, 0.2) is 11.5 Å². The van der Waals surface area contributed by atoms with E-state index in [0.29, 0.717) is 23.9 Å². The van der Waals surface area contributed by atoms with Crippen molar-refractivity contribution in [3.63, 3.8) is 0 Å². The van der Waals surface area contributed by atoms with Gasteiger partial charge in [-0.2, -0.15) is 0 Å². The van der Waals surface area contributed by atoms with Crippen LogP contribution >= 0.6 is 0 Å². The van der Waals surface area contributed by atoms with Crippen LogP contribution in [-0.4, -0.2) is 29.7 Å². The van der Waals surface area contributed by atoms with Crippen LogP contribution in [0.1, 0.15) is 18.0 Å². The monoisotopic (exact) mass is 323 g/mol. The quantitative estimate of drug-likeness (QED) is 0.805. The Labute approximate surface area is 139 Å². The van der Waals surface area contributed by atoms with Crippen LogP contribution in [0.25, 0.3) is 11.0 Å². The Kier molecular flexibility index (Phi) is 3.37. The molecule has 1 unspecified atom stereocenters. The topological polar surface area (TPSA) is 65.4 Å². The van der Waals surface area contributed by atoms with Crippen molar-refractivity contribution in [2.45, 2.75) is 12.5 Å². The van der Waals surface area contributed by atoms with Crippen molar-refractivity contribution in [3.8, 4) is 11.5 Å². The fraction of sp³-hybridized carbons (Fsp3) is 0.222. The molecule has 1 N–H and O–H groups in total. The molecular formula is C18H17N3O3. The highest BCUT2D eigenvalue weighted by atomic mass is 16.5. The second-order valence-corrected chi connectivity index (χ2v) is 5.64. The number of nitrogens with zero attached hydrogens (tertiary/aromatic N) is 2. The smallest absolute Gasteiger partial charge is 0.229 e. The molecule has 4 rings (SSSR count). The molecule has 2 aromatic carbocycles. The van der Waals surface area contributed by atoms with E-state index in [4.69, 9.17) is 9.47 Å². The average molecular weight is 323 g/mol. The molecule has 0 bridgehead atoms. The van der Waals surface area contributed by atoms with Gasteiger partial charge < -0.3 is 14.0 Å². The Morgan fingerprint density at radius 1 is 1.12 bits per heavy atom. The van der Waals surface area contributed by atoms with E-state index in [1.54, 1.807) is 14.2 Å². The number of imidazole rings is 1. The lowest BCUT2D eigenvalue weighted by molar-refractivity contribution is -0.117. The standard InChI is InChI=1S/C18H17N3O3/c1-23-15-9-5-6-11(17(15)24-2)14-10-16(22)20-18-19-12-7-3-4-8-13(12)21(14)18/h3-9,14H,10H2,1-2H3,(H,19,20,22). The minimum Gasteiger partial charge on any atom is -0.493 e. The summed E-state index contributed by atoms with van der Waals surface area (Å²) in [5.41, 5.74) is 2.72. The number of anilines is 1. The second kappa shape index (κ2) is 5.56. The summed E-state index contributed by atoms with van der Waals surface area (Å²) in [6.07, 6.45) is 0.316. The van der Waals surface area contributed by atoms with E-state index in [2.05, 4.69) is 10.3 Å². The van der Waals surface area contributed by atoms with E-state index in [1.807, 2.05) is 47.0 Å². The molecule has 24 heavy (non-hydrogen) atoms. The number of carbonyl (C=O) groups is 1. The van der Waals surface area contributed by atoms with Gasteiger partial charge in [0.1, 0.15) is 0 Å². The molecule has 1 aliphatic heterocycles. The number of rotatable bonds is 3. The molecule has 3 aromatic rings. The summed E-state index contributed by atoms with van der Waals surface area (Å²) in [4.78, 5) is 16.7. The number of amides is 1. The fourth-order valence-electron chi connectivity index (χ4n) is 3.31. The molecule has 1 atom stereocenters. The van der Waals surface area contributed by atoms with E-state index >= 15 is 0 Å². The number of hydrogen-bond acceptors (Lipinski definition) is 4. The second-order valence-electron chi connectivity index (χ2n) is 5.64. The van der Waals surface area contributed by atoms with E-state index in [1.165, 1.54) is 0 Å². The summed E-state index contributed by atoms with van der Waals surface area (Å²) < 4.78 is 13.0. The number of carbonyl (C=O) groups excluding carboxylic acids is 1.